The molecule has 0 saturated carbocycles. The van der Waals surface area contributed by atoms with Gasteiger partial charge in [0.25, 0.3) is 0 Å². The standard InChI is InChI=1S/C12H20N4O8/c13-5(4-17)10(21)15-6(1-2-8(14)18)11(22)16-7(12(23)24)3-9(19)20/h5-7,17H,1-4,13H2,(H2,14,18)(H,15,21)(H,16,22)(H,19,20)(H,23,24)/t5-,6-,7-/m0/s1. The summed E-state index contributed by atoms with van der Waals surface area (Å²) in [6.07, 6.45) is -1.44. The van der Waals surface area contributed by atoms with Crippen molar-refractivity contribution in [1.29, 1.82) is 0 Å². The molecule has 0 saturated heterocycles. The van der Waals surface area contributed by atoms with Crippen molar-refractivity contribution < 1.29 is 39.3 Å². The Bertz CT molecular complexity index is 509. The maximum absolute atomic E-state index is 12.1. The smallest absolute Gasteiger partial charge is 0.326 e. The number of carbonyl (C=O) groups excluding carboxylic acids is 3. The van der Waals surface area contributed by atoms with Crippen LogP contribution in [0.2, 0.25) is 0 Å². The number of hydrogen-bond acceptors (Lipinski definition) is 7. The highest BCUT2D eigenvalue weighted by molar-refractivity contribution is 5.93. The summed E-state index contributed by atoms with van der Waals surface area (Å²) in [4.78, 5) is 56.0. The molecule has 0 radical (unpaired) electrons. The summed E-state index contributed by atoms with van der Waals surface area (Å²) in [7, 11) is 0. The normalized spacial score (nSPS) is 14.1. The van der Waals surface area contributed by atoms with Crippen LogP contribution in [0.3, 0.4) is 0 Å². The quantitative estimate of drug-likeness (QED) is 0.193. The van der Waals surface area contributed by atoms with Gasteiger partial charge in [0.15, 0.2) is 0 Å². The number of primary amides is 1. The predicted octanol–water partition coefficient (Wildman–Crippen LogP) is -3.90. The molecular weight excluding hydrogens is 328 g/mol. The molecule has 136 valence electrons. The molecule has 0 aromatic heterocycles. The summed E-state index contributed by atoms with van der Waals surface area (Å²) in [5, 5.41) is 30.4. The number of aliphatic hydroxyl groups excluding tert-OH is 1. The molecule has 0 aliphatic heterocycles. The van der Waals surface area contributed by atoms with E-state index >= 15 is 0 Å². The average Bonchev–Trinajstić information content (AvgIpc) is 2.48. The molecule has 9 N–H and O–H groups in total. The van der Waals surface area contributed by atoms with Crippen molar-refractivity contribution in [2.24, 2.45) is 11.5 Å². The average molecular weight is 348 g/mol. The summed E-state index contributed by atoms with van der Waals surface area (Å²) >= 11 is 0. The van der Waals surface area contributed by atoms with Gasteiger partial charge in [-0.3, -0.25) is 19.2 Å². The number of aliphatic carboxylic acids is 2. The summed E-state index contributed by atoms with van der Waals surface area (Å²) < 4.78 is 0. The number of rotatable bonds is 11. The first-order valence-corrected chi connectivity index (χ1v) is 6.78. The second-order valence-corrected chi connectivity index (χ2v) is 4.85. The van der Waals surface area contributed by atoms with Crippen LogP contribution in [0.25, 0.3) is 0 Å². The van der Waals surface area contributed by atoms with Crippen LogP contribution in [0.15, 0.2) is 0 Å². The van der Waals surface area contributed by atoms with Crippen LogP contribution in [0.4, 0.5) is 0 Å². The first kappa shape index (κ1) is 21.3. The second-order valence-electron chi connectivity index (χ2n) is 4.85. The molecular formula is C12H20N4O8. The lowest BCUT2D eigenvalue weighted by atomic mass is 10.1. The van der Waals surface area contributed by atoms with E-state index in [2.05, 4.69) is 5.32 Å². The molecule has 0 fully saturated rings. The van der Waals surface area contributed by atoms with E-state index in [1.807, 2.05) is 5.32 Å². The largest absolute Gasteiger partial charge is 0.481 e. The second kappa shape index (κ2) is 10.1. The number of amides is 3. The van der Waals surface area contributed by atoms with Crippen LogP contribution in [0.1, 0.15) is 19.3 Å². The van der Waals surface area contributed by atoms with Crippen LogP contribution < -0.4 is 22.1 Å². The maximum Gasteiger partial charge on any atom is 0.326 e. The number of nitrogens with two attached hydrogens (primary N) is 2. The van der Waals surface area contributed by atoms with Crippen molar-refractivity contribution in [2.45, 2.75) is 37.4 Å². The molecule has 3 atom stereocenters. The highest BCUT2D eigenvalue weighted by Crippen LogP contribution is 2.01. The zero-order valence-electron chi connectivity index (χ0n) is 12.6. The Morgan fingerprint density at radius 1 is 0.958 bits per heavy atom. The zero-order valence-corrected chi connectivity index (χ0v) is 12.6. The molecule has 0 unspecified atom stereocenters. The fourth-order valence-electron chi connectivity index (χ4n) is 1.56. The molecule has 0 aromatic carbocycles. The van der Waals surface area contributed by atoms with Crippen LogP contribution in [0, 0.1) is 0 Å². The van der Waals surface area contributed by atoms with Crippen molar-refractivity contribution in [3.8, 4) is 0 Å². The fraction of sp³-hybridized carbons (Fsp3) is 0.583. The summed E-state index contributed by atoms with van der Waals surface area (Å²) in [6, 6.07) is -4.43. The molecule has 0 aromatic rings. The van der Waals surface area contributed by atoms with Gasteiger partial charge in [0, 0.05) is 6.42 Å². The van der Waals surface area contributed by atoms with E-state index < -0.39 is 60.8 Å². The lowest BCUT2D eigenvalue weighted by molar-refractivity contribution is -0.147. The highest BCUT2D eigenvalue weighted by Gasteiger charge is 2.29. The van der Waals surface area contributed by atoms with E-state index in [0.717, 1.165) is 0 Å². The SMILES string of the molecule is NC(=O)CC[C@H](NC(=O)[C@@H](N)CO)C(=O)N[C@@H](CC(=O)O)C(=O)O. The van der Waals surface area contributed by atoms with Gasteiger partial charge in [-0.15, -0.1) is 0 Å². The highest BCUT2D eigenvalue weighted by atomic mass is 16.4. The minimum Gasteiger partial charge on any atom is -0.481 e. The van der Waals surface area contributed by atoms with Crippen molar-refractivity contribution in [2.75, 3.05) is 6.61 Å². The Hall–Kier alpha value is -2.73. The van der Waals surface area contributed by atoms with Crippen LogP contribution in [-0.2, 0) is 24.0 Å². The minimum absolute atomic E-state index is 0.259. The molecule has 0 bridgehead atoms. The molecule has 0 heterocycles. The molecule has 24 heavy (non-hydrogen) atoms. The molecule has 3 amide bonds. The third kappa shape index (κ3) is 8.05. The van der Waals surface area contributed by atoms with E-state index in [0.29, 0.717) is 0 Å². The number of carboxylic acid groups (broad SMARTS) is 2. The molecule has 0 aliphatic carbocycles. The lowest BCUT2D eigenvalue weighted by Gasteiger charge is -2.21. The van der Waals surface area contributed by atoms with Gasteiger partial charge in [-0.1, -0.05) is 0 Å². The maximum atomic E-state index is 12.1. The van der Waals surface area contributed by atoms with Crippen molar-refractivity contribution >= 4 is 29.7 Å². The summed E-state index contributed by atoms with van der Waals surface area (Å²) in [5.74, 6) is -5.75. The van der Waals surface area contributed by atoms with Gasteiger partial charge < -0.3 is 37.4 Å². The lowest BCUT2D eigenvalue weighted by Crippen LogP contribution is -2.55. The fourth-order valence-corrected chi connectivity index (χ4v) is 1.56. The van der Waals surface area contributed by atoms with Gasteiger partial charge in [0.2, 0.25) is 17.7 Å². The van der Waals surface area contributed by atoms with E-state index in [4.69, 9.17) is 26.8 Å². The number of aliphatic hydroxyl groups is 1. The third-order valence-corrected chi connectivity index (χ3v) is 2.84. The summed E-state index contributed by atoms with van der Waals surface area (Å²) in [5.41, 5.74) is 10.2. The first-order chi connectivity index (χ1) is 11.1. The van der Waals surface area contributed by atoms with Gasteiger partial charge in [-0.2, -0.15) is 0 Å². The molecule has 12 nitrogen and oxygen atoms in total. The van der Waals surface area contributed by atoms with E-state index in [1.165, 1.54) is 0 Å². The number of carboxylic acids is 2. The third-order valence-electron chi connectivity index (χ3n) is 2.84. The number of carbonyl (C=O) groups is 5. The summed E-state index contributed by atoms with van der Waals surface area (Å²) in [6.45, 7) is -0.702. The zero-order chi connectivity index (χ0) is 18.9. The van der Waals surface area contributed by atoms with Crippen molar-refractivity contribution in [3.63, 3.8) is 0 Å². The van der Waals surface area contributed by atoms with Gasteiger partial charge in [-0.25, -0.2) is 4.79 Å². The van der Waals surface area contributed by atoms with Gasteiger partial charge in [0.1, 0.15) is 18.1 Å². The number of hydrogen-bond donors (Lipinski definition) is 7. The Morgan fingerprint density at radius 2 is 1.50 bits per heavy atom. The molecule has 12 heteroatoms. The van der Waals surface area contributed by atoms with Crippen LogP contribution >= 0.6 is 0 Å². The van der Waals surface area contributed by atoms with E-state index in [1.54, 1.807) is 0 Å². The van der Waals surface area contributed by atoms with Crippen LogP contribution in [0.5, 0.6) is 0 Å². The van der Waals surface area contributed by atoms with Crippen molar-refractivity contribution in [3.05, 3.63) is 0 Å². The minimum atomic E-state index is -1.73. The topological polar surface area (TPSA) is 222 Å². The van der Waals surface area contributed by atoms with Crippen molar-refractivity contribution in [1.82, 2.24) is 10.6 Å². The Labute approximate surface area is 136 Å². The first-order valence-electron chi connectivity index (χ1n) is 6.78. The van der Waals surface area contributed by atoms with E-state index in [-0.39, 0.29) is 12.8 Å². The van der Waals surface area contributed by atoms with Gasteiger partial charge in [-0.05, 0) is 6.42 Å². The van der Waals surface area contributed by atoms with Gasteiger partial charge in [0.05, 0.1) is 13.0 Å². The van der Waals surface area contributed by atoms with Gasteiger partial charge >= 0.3 is 11.9 Å². The van der Waals surface area contributed by atoms with E-state index in [9.17, 15) is 24.0 Å². The predicted molar refractivity (Wildman–Crippen MR) is 77.2 cm³/mol. The van der Waals surface area contributed by atoms with Crippen LogP contribution in [-0.4, -0.2) is 69.7 Å². The monoisotopic (exact) mass is 348 g/mol. The molecule has 0 aliphatic rings. The Kier molecular flexibility index (Phi) is 8.97. The number of nitrogens with one attached hydrogen (secondary N) is 2. The molecule has 0 rings (SSSR count). The Balaban J connectivity index is 5.05. The Morgan fingerprint density at radius 3 is 1.92 bits per heavy atom. The molecule has 0 spiro atoms.